The maximum absolute atomic E-state index is 12.4. The third-order valence-electron chi connectivity index (χ3n) is 3.03. The summed E-state index contributed by atoms with van der Waals surface area (Å²) in [5.41, 5.74) is 1.91. The molecule has 0 aromatic carbocycles. The van der Waals surface area contributed by atoms with Gasteiger partial charge in [-0.05, 0) is 18.4 Å². The number of furan rings is 1. The van der Waals surface area contributed by atoms with E-state index in [9.17, 15) is 4.79 Å². The minimum absolute atomic E-state index is 0.242. The van der Waals surface area contributed by atoms with Gasteiger partial charge in [0.25, 0.3) is 5.56 Å². The van der Waals surface area contributed by atoms with Gasteiger partial charge in [0, 0.05) is 0 Å². The highest BCUT2D eigenvalue weighted by Crippen LogP contribution is 2.45. The first-order chi connectivity index (χ1) is 10.3. The summed E-state index contributed by atoms with van der Waals surface area (Å²) in [6, 6.07) is 3.67. The van der Waals surface area contributed by atoms with E-state index in [1.165, 1.54) is 34.9 Å². The molecule has 0 radical (unpaired) electrons. The predicted octanol–water partition coefficient (Wildman–Crippen LogP) is 2.93. The van der Waals surface area contributed by atoms with Crippen LogP contribution in [0.15, 0.2) is 38.1 Å². The van der Waals surface area contributed by atoms with Gasteiger partial charge in [0.1, 0.15) is 20.9 Å². The van der Waals surface area contributed by atoms with Crippen LogP contribution in [0.25, 0.3) is 4.96 Å². The summed E-state index contributed by atoms with van der Waals surface area (Å²) in [6.45, 7) is 0. The lowest BCUT2D eigenvalue weighted by atomic mass is 10.1. The highest BCUT2D eigenvalue weighted by Gasteiger charge is 2.32. The summed E-state index contributed by atoms with van der Waals surface area (Å²) in [5.74, 6) is 1.27. The molecule has 0 bridgehead atoms. The van der Waals surface area contributed by atoms with Crippen molar-refractivity contribution in [2.24, 2.45) is 4.99 Å². The molecule has 0 fully saturated rings. The molecule has 0 spiro atoms. The normalized spacial score (nSPS) is 17.8. The zero-order chi connectivity index (χ0) is 14.4. The number of fused-ring (bicyclic) bond motifs is 3. The predicted molar refractivity (Wildman–Crippen MR) is 85.9 cm³/mol. The monoisotopic (exact) mass is 336 g/mol. The molecule has 3 aromatic heterocycles. The number of hydrogen-bond acceptors (Lipinski definition) is 8. The van der Waals surface area contributed by atoms with Crippen LogP contribution < -0.4 is 5.56 Å². The Morgan fingerprint density at radius 1 is 1.48 bits per heavy atom. The van der Waals surface area contributed by atoms with Crippen molar-refractivity contribution < 1.29 is 4.42 Å². The van der Waals surface area contributed by atoms with Gasteiger partial charge in [-0.1, -0.05) is 23.1 Å². The van der Waals surface area contributed by atoms with Crippen molar-refractivity contribution in [3.8, 4) is 0 Å². The Kier molecular flexibility index (Phi) is 3.12. The van der Waals surface area contributed by atoms with Crippen molar-refractivity contribution in [3.05, 3.63) is 45.6 Å². The van der Waals surface area contributed by atoms with Gasteiger partial charge in [0.15, 0.2) is 5.82 Å². The first-order valence-electron chi connectivity index (χ1n) is 5.97. The lowest BCUT2D eigenvalue weighted by Crippen LogP contribution is -2.21. The Bertz CT molecular complexity index is 897. The Labute approximate surface area is 131 Å². The van der Waals surface area contributed by atoms with Crippen molar-refractivity contribution >= 4 is 50.0 Å². The smallest absolute Gasteiger partial charge is 0.281 e. The zero-order valence-corrected chi connectivity index (χ0v) is 13.2. The molecule has 0 saturated heterocycles. The molecule has 1 atom stereocenters. The molecule has 0 aliphatic carbocycles. The third-order valence-corrected chi connectivity index (χ3v) is 5.93. The van der Waals surface area contributed by atoms with Crippen LogP contribution in [-0.2, 0) is 0 Å². The van der Waals surface area contributed by atoms with E-state index in [4.69, 9.17) is 4.42 Å². The zero-order valence-electron chi connectivity index (χ0n) is 10.7. The topological polar surface area (TPSA) is 72.8 Å². The number of nitrogens with zero attached hydrogens (tertiary/aromatic N) is 4. The van der Waals surface area contributed by atoms with Gasteiger partial charge in [-0.15, -0.1) is 11.8 Å². The van der Waals surface area contributed by atoms with Crippen LogP contribution in [0.3, 0.4) is 0 Å². The standard InChI is InChI=1S/C12H8N4O2S3/c1-19-12-14-9-7(8(21-12)6-3-2-4-18-6)10(17)15-11-16(9)13-5-20-11/h2-5,8H,1H3. The highest BCUT2D eigenvalue weighted by atomic mass is 32.2. The SMILES string of the molecule is CSC1=Nc2c(c(=O)nc3scnn23)C(c2ccco2)S1. The molecule has 0 N–H and O–H groups in total. The summed E-state index contributed by atoms with van der Waals surface area (Å²) in [7, 11) is 0. The number of hydrogen-bond donors (Lipinski definition) is 0. The van der Waals surface area contributed by atoms with Crippen molar-refractivity contribution in [2.75, 3.05) is 6.26 Å². The van der Waals surface area contributed by atoms with E-state index in [0.717, 1.165) is 10.1 Å². The molecule has 21 heavy (non-hydrogen) atoms. The molecule has 4 heterocycles. The Morgan fingerprint density at radius 2 is 2.38 bits per heavy atom. The first kappa shape index (κ1) is 13.1. The molecule has 1 unspecified atom stereocenters. The van der Waals surface area contributed by atoms with Crippen LogP contribution >= 0.6 is 34.9 Å². The molecule has 106 valence electrons. The molecule has 1 aliphatic heterocycles. The van der Waals surface area contributed by atoms with Crippen LogP contribution in [0.4, 0.5) is 5.82 Å². The molecular formula is C12H8N4O2S3. The second-order valence-corrected chi connectivity index (χ2v) is 7.14. The second-order valence-electron chi connectivity index (χ2n) is 4.18. The Morgan fingerprint density at radius 3 is 3.14 bits per heavy atom. The van der Waals surface area contributed by atoms with E-state index >= 15 is 0 Å². The van der Waals surface area contributed by atoms with Crippen LogP contribution in [0.5, 0.6) is 0 Å². The van der Waals surface area contributed by atoms with Crippen LogP contribution in [0.2, 0.25) is 0 Å². The number of aliphatic imine (C=N–C) groups is 1. The molecule has 0 saturated carbocycles. The Hall–Kier alpha value is -1.58. The lowest BCUT2D eigenvalue weighted by Gasteiger charge is -2.20. The minimum atomic E-state index is -0.271. The van der Waals surface area contributed by atoms with E-state index in [2.05, 4.69) is 15.1 Å². The van der Waals surface area contributed by atoms with E-state index < -0.39 is 0 Å². The van der Waals surface area contributed by atoms with Gasteiger partial charge in [-0.25, -0.2) is 4.99 Å². The fourth-order valence-corrected chi connectivity index (χ4v) is 4.51. The quantitative estimate of drug-likeness (QED) is 0.680. The maximum atomic E-state index is 12.4. The van der Waals surface area contributed by atoms with E-state index in [0.29, 0.717) is 16.3 Å². The number of rotatable bonds is 1. The molecule has 4 rings (SSSR count). The minimum Gasteiger partial charge on any atom is -0.468 e. The van der Waals surface area contributed by atoms with Crippen molar-refractivity contribution in [1.82, 2.24) is 14.6 Å². The number of thioether (sulfide) groups is 2. The van der Waals surface area contributed by atoms with Crippen molar-refractivity contribution in [1.29, 1.82) is 0 Å². The molecule has 3 aromatic rings. The van der Waals surface area contributed by atoms with Crippen LogP contribution in [0.1, 0.15) is 16.6 Å². The summed E-state index contributed by atoms with van der Waals surface area (Å²) in [6.07, 6.45) is 3.56. The van der Waals surface area contributed by atoms with E-state index in [1.54, 1.807) is 16.3 Å². The molecule has 9 heteroatoms. The molecule has 0 amide bonds. The van der Waals surface area contributed by atoms with Crippen molar-refractivity contribution in [3.63, 3.8) is 0 Å². The van der Waals surface area contributed by atoms with Gasteiger partial charge < -0.3 is 4.42 Å². The largest absolute Gasteiger partial charge is 0.468 e. The molecule has 6 nitrogen and oxygen atoms in total. The maximum Gasteiger partial charge on any atom is 0.281 e. The van der Waals surface area contributed by atoms with Gasteiger partial charge >= 0.3 is 0 Å². The lowest BCUT2D eigenvalue weighted by molar-refractivity contribution is 0.517. The average molecular weight is 336 g/mol. The Balaban J connectivity index is 2.05. The van der Waals surface area contributed by atoms with Crippen molar-refractivity contribution in [2.45, 2.75) is 5.25 Å². The third kappa shape index (κ3) is 2.03. The molecule has 1 aliphatic rings. The van der Waals surface area contributed by atoms with Gasteiger partial charge in [0.2, 0.25) is 4.96 Å². The highest BCUT2D eigenvalue weighted by molar-refractivity contribution is 8.38. The van der Waals surface area contributed by atoms with Crippen LogP contribution in [0, 0.1) is 0 Å². The average Bonchev–Trinajstić information content (AvgIpc) is 3.17. The van der Waals surface area contributed by atoms with Gasteiger partial charge in [0.05, 0.1) is 11.8 Å². The summed E-state index contributed by atoms with van der Waals surface area (Å²) in [5, 5.41) is 3.99. The van der Waals surface area contributed by atoms with Crippen LogP contribution in [-0.4, -0.2) is 25.2 Å². The van der Waals surface area contributed by atoms with Gasteiger partial charge in [-0.2, -0.15) is 14.6 Å². The molecular weight excluding hydrogens is 328 g/mol. The summed E-state index contributed by atoms with van der Waals surface area (Å²) < 4.78 is 7.98. The summed E-state index contributed by atoms with van der Waals surface area (Å²) in [4.78, 5) is 21.6. The second kappa shape index (κ2) is 5.00. The van der Waals surface area contributed by atoms with E-state index in [-0.39, 0.29) is 10.8 Å². The summed E-state index contributed by atoms with van der Waals surface area (Å²) >= 11 is 4.35. The fourth-order valence-electron chi connectivity index (χ4n) is 2.14. The fraction of sp³-hybridized carbons (Fsp3) is 0.167. The number of aromatic nitrogens is 3. The first-order valence-corrected chi connectivity index (χ1v) is 8.95. The van der Waals surface area contributed by atoms with Gasteiger partial charge in [-0.3, -0.25) is 4.79 Å². The van der Waals surface area contributed by atoms with E-state index in [1.807, 2.05) is 18.4 Å².